The second-order valence-corrected chi connectivity index (χ2v) is 8.05. The van der Waals surface area contributed by atoms with Gasteiger partial charge >= 0.3 is 5.97 Å². The van der Waals surface area contributed by atoms with Crippen molar-refractivity contribution < 1.29 is 27.5 Å². The molecule has 0 bridgehead atoms. The van der Waals surface area contributed by atoms with E-state index in [0.29, 0.717) is 12.4 Å². The number of esters is 1. The number of carbonyl (C=O) groups is 2. The molecule has 2 aromatic rings. The number of benzene rings is 2. The number of carbonyl (C=O) groups excluding carboxylic acids is 2. The molecule has 29 heavy (non-hydrogen) atoms. The van der Waals surface area contributed by atoms with Crippen molar-refractivity contribution in [3.8, 4) is 5.75 Å². The van der Waals surface area contributed by atoms with E-state index in [0.717, 1.165) is 0 Å². The summed E-state index contributed by atoms with van der Waals surface area (Å²) in [5.41, 5.74) is 0.315. The first-order chi connectivity index (χ1) is 13.6. The average Bonchev–Trinajstić information content (AvgIpc) is 2.67. The van der Waals surface area contributed by atoms with E-state index in [1.54, 1.807) is 26.2 Å². The van der Waals surface area contributed by atoms with Gasteiger partial charge in [-0.3, -0.25) is 9.52 Å². The first-order valence-corrected chi connectivity index (χ1v) is 10.4. The number of likely N-dealkylation sites (N-methyl/N-ethyl adjacent to an activating group) is 1. The minimum Gasteiger partial charge on any atom is -0.494 e. The van der Waals surface area contributed by atoms with E-state index in [-0.39, 0.29) is 22.1 Å². The number of sulfonamides is 1. The zero-order valence-electron chi connectivity index (χ0n) is 16.7. The van der Waals surface area contributed by atoms with Gasteiger partial charge in [0.1, 0.15) is 5.75 Å². The summed E-state index contributed by atoms with van der Waals surface area (Å²) in [7, 11) is -0.737. The molecular formula is C20H24N2O6S. The van der Waals surface area contributed by atoms with Gasteiger partial charge in [-0.1, -0.05) is 6.07 Å². The van der Waals surface area contributed by atoms with Gasteiger partial charge in [0.05, 0.1) is 17.1 Å². The molecule has 2 aromatic carbocycles. The smallest absolute Gasteiger partial charge is 0.338 e. The second-order valence-electron chi connectivity index (χ2n) is 6.37. The van der Waals surface area contributed by atoms with Crippen LogP contribution in [0.3, 0.4) is 0 Å². The Kier molecular flexibility index (Phi) is 7.22. The Balaban J connectivity index is 2.14. The number of nitrogens with one attached hydrogen (secondary N) is 1. The van der Waals surface area contributed by atoms with Crippen LogP contribution in [0.15, 0.2) is 53.4 Å². The molecule has 0 heterocycles. The van der Waals surface area contributed by atoms with Gasteiger partial charge in [-0.05, 0) is 56.3 Å². The molecule has 0 radical (unpaired) electrons. The summed E-state index contributed by atoms with van der Waals surface area (Å²) in [6.07, 6.45) is -0.957. The second kappa shape index (κ2) is 9.42. The lowest BCUT2D eigenvalue weighted by Gasteiger charge is -2.17. The van der Waals surface area contributed by atoms with E-state index < -0.39 is 22.1 Å². The maximum atomic E-state index is 12.6. The third kappa shape index (κ3) is 5.95. The van der Waals surface area contributed by atoms with Crippen LogP contribution >= 0.6 is 0 Å². The van der Waals surface area contributed by atoms with Crippen molar-refractivity contribution in [2.45, 2.75) is 24.8 Å². The van der Waals surface area contributed by atoms with Crippen LogP contribution in [0.4, 0.5) is 5.69 Å². The Labute approximate surface area is 170 Å². The maximum Gasteiger partial charge on any atom is 0.338 e. The third-order valence-electron chi connectivity index (χ3n) is 3.87. The number of anilines is 1. The minimum atomic E-state index is -3.85. The third-order valence-corrected chi connectivity index (χ3v) is 5.27. The number of rotatable bonds is 8. The Hall–Kier alpha value is -3.07. The van der Waals surface area contributed by atoms with Gasteiger partial charge in [-0.2, -0.15) is 0 Å². The SMILES string of the molecule is CCOc1ccc(S(=O)(=O)Nc2cccc(C(=O)O[C@@H](C)C(=O)N(C)C)c2)cc1. The number of hydrogen-bond acceptors (Lipinski definition) is 6. The van der Waals surface area contributed by atoms with Crippen LogP contribution < -0.4 is 9.46 Å². The summed E-state index contributed by atoms with van der Waals surface area (Å²) in [6, 6.07) is 11.8. The highest BCUT2D eigenvalue weighted by atomic mass is 32.2. The molecule has 0 unspecified atom stereocenters. The number of amides is 1. The zero-order valence-corrected chi connectivity index (χ0v) is 17.5. The molecule has 2 rings (SSSR count). The molecule has 0 saturated carbocycles. The van der Waals surface area contributed by atoms with Gasteiger partial charge in [-0.15, -0.1) is 0 Å². The lowest BCUT2D eigenvalue weighted by atomic mass is 10.2. The van der Waals surface area contributed by atoms with E-state index in [9.17, 15) is 18.0 Å². The van der Waals surface area contributed by atoms with Crippen molar-refractivity contribution in [1.29, 1.82) is 0 Å². The molecule has 1 amide bonds. The molecule has 1 N–H and O–H groups in total. The van der Waals surface area contributed by atoms with Crippen molar-refractivity contribution in [3.05, 3.63) is 54.1 Å². The summed E-state index contributed by atoms with van der Waals surface area (Å²) < 4.78 is 38.0. The van der Waals surface area contributed by atoms with Crippen molar-refractivity contribution in [2.24, 2.45) is 0 Å². The molecule has 0 spiro atoms. The zero-order chi connectivity index (χ0) is 21.6. The van der Waals surface area contributed by atoms with Crippen LogP contribution in [0.1, 0.15) is 24.2 Å². The van der Waals surface area contributed by atoms with Crippen LogP contribution in [0.2, 0.25) is 0 Å². The van der Waals surface area contributed by atoms with Gasteiger partial charge in [-0.25, -0.2) is 13.2 Å². The molecule has 9 heteroatoms. The van der Waals surface area contributed by atoms with Gasteiger partial charge in [0.15, 0.2) is 6.10 Å². The molecule has 0 aliphatic rings. The van der Waals surface area contributed by atoms with Crippen LogP contribution in [0.5, 0.6) is 5.75 Å². The van der Waals surface area contributed by atoms with Crippen molar-refractivity contribution >= 4 is 27.6 Å². The Bertz CT molecular complexity index is 971. The van der Waals surface area contributed by atoms with Crippen molar-refractivity contribution in [3.63, 3.8) is 0 Å². The molecule has 8 nitrogen and oxygen atoms in total. The maximum absolute atomic E-state index is 12.6. The average molecular weight is 420 g/mol. The van der Waals surface area contributed by atoms with Crippen LogP contribution in [-0.2, 0) is 19.6 Å². The Morgan fingerprint density at radius 1 is 1.10 bits per heavy atom. The summed E-state index contributed by atoms with van der Waals surface area (Å²) in [5, 5.41) is 0. The fraction of sp³-hybridized carbons (Fsp3) is 0.300. The summed E-state index contributed by atoms with van der Waals surface area (Å²) in [5.74, 6) is -0.516. The summed E-state index contributed by atoms with van der Waals surface area (Å²) in [4.78, 5) is 25.5. The van der Waals surface area contributed by atoms with Crippen LogP contribution in [0.25, 0.3) is 0 Å². The number of hydrogen-bond donors (Lipinski definition) is 1. The van der Waals surface area contributed by atoms with Crippen LogP contribution in [-0.4, -0.2) is 52.0 Å². The highest BCUT2D eigenvalue weighted by molar-refractivity contribution is 7.92. The Morgan fingerprint density at radius 2 is 1.76 bits per heavy atom. The standard InChI is InChI=1S/C20H24N2O6S/c1-5-27-17-9-11-18(12-10-17)29(25,26)21-16-8-6-7-15(13-16)20(24)28-14(2)19(23)22(3)4/h6-14,21H,5H2,1-4H3/t14-/m0/s1. The molecular weight excluding hydrogens is 396 g/mol. The van der Waals surface area contributed by atoms with Crippen LogP contribution in [0, 0.1) is 0 Å². The van der Waals surface area contributed by atoms with E-state index in [1.807, 2.05) is 6.92 Å². The first kappa shape index (κ1) is 22.2. The quantitative estimate of drug-likeness (QED) is 0.659. The predicted molar refractivity (Wildman–Crippen MR) is 108 cm³/mol. The highest BCUT2D eigenvalue weighted by Crippen LogP contribution is 2.20. The number of nitrogens with zero attached hydrogens (tertiary/aromatic N) is 1. The largest absolute Gasteiger partial charge is 0.494 e. The van der Waals surface area contributed by atoms with Crippen molar-refractivity contribution in [1.82, 2.24) is 4.90 Å². The van der Waals surface area contributed by atoms with Gasteiger partial charge < -0.3 is 14.4 Å². The molecule has 0 aliphatic heterocycles. The topological polar surface area (TPSA) is 102 Å². The van der Waals surface area contributed by atoms with Gasteiger partial charge in [0.25, 0.3) is 15.9 Å². The molecule has 0 aromatic heterocycles. The lowest BCUT2D eigenvalue weighted by molar-refractivity contribution is -0.137. The number of ether oxygens (including phenoxy) is 2. The molecule has 0 fully saturated rings. The summed E-state index contributed by atoms with van der Waals surface area (Å²) in [6.45, 7) is 3.78. The van der Waals surface area contributed by atoms with Crippen molar-refractivity contribution in [2.75, 3.05) is 25.4 Å². The Morgan fingerprint density at radius 3 is 2.34 bits per heavy atom. The normalized spacial score (nSPS) is 12.0. The highest BCUT2D eigenvalue weighted by Gasteiger charge is 2.21. The first-order valence-electron chi connectivity index (χ1n) is 8.92. The van der Waals surface area contributed by atoms with Gasteiger partial charge in [0.2, 0.25) is 0 Å². The molecule has 1 atom stereocenters. The van der Waals surface area contributed by atoms with E-state index in [4.69, 9.17) is 9.47 Å². The van der Waals surface area contributed by atoms with E-state index in [1.165, 1.54) is 48.2 Å². The fourth-order valence-electron chi connectivity index (χ4n) is 2.45. The molecule has 0 aliphatic carbocycles. The molecule has 156 valence electrons. The molecule has 0 saturated heterocycles. The van der Waals surface area contributed by atoms with E-state index >= 15 is 0 Å². The minimum absolute atomic E-state index is 0.0548. The monoisotopic (exact) mass is 420 g/mol. The summed E-state index contributed by atoms with van der Waals surface area (Å²) >= 11 is 0. The fourth-order valence-corrected chi connectivity index (χ4v) is 3.50. The predicted octanol–water partition coefficient (Wildman–Crippen LogP) is 2.52. The van der Waals surface area contributed by atoms with E-state index in [2.05, 4.69) is 4.72 Å². The van der Waals surface area contributed by atoms with Gasteiger partial charge in [0, 0.05) is 19.8 Å². The lowest BCUT2D eigenvalue weighted by Crippen LogP contribution is -2.34.